The molecule has 2 N–H and O–H groups in total. The Morgan fingerprint density at radius 3 is 1.97 bits per heavy atom. The number of carbonyl (C=O) groups is 3. The number of amides is 1. The van der Waals surface area contributed by atoms with E-state index in [2.05, 4.69) is 6.58 Å². The highest BCUT2D eigenvalue weighted by molar-refractivity contribution is 5.94. The lowest BCUT2D eigenvalue weighted by molar-refractivity contribution is -0.108. The number of nitrogens with two attached hydrogens (primary N) is 1. The molecule has 0 aliphatic heterocycles. The van der Waals surface area contributed by atoms with Gasteiger partial charge in [0.15, 0.2) is 0 Å². The molecule has 0 saturated carbocycles. The summed E-state index contributed by atoms with van der Waals surface area (Å²) in [7, 11) is 0. The van der Waals surface area contributed by atoms with Crippen LogP contribution in [-0.2, 0) is 9.59 Å². The predicted molar refractivity (Wildman–Crippen MR) is 127 cm³/mol. The van der Waals surface area contributed by atoms with Crippen molar-refractivity contribution < 1.29 is 14.4 Å². The first kappa shape index (κ1) is 29.0. The molecule has 0 saturated heterocycles. The SMILES string of the molecule is C=Cc1ccccc1N.CC.CC=O.CCCN(CCC=O)C(=O)c1ccccc1. The first-order valence-electron chi connectivity index (χ1n) is 10.2. The number of nitrogens with zero attached hydrogens (tertiary/aromatic N) is 1. The van der Waals surface area contributed by atoms with Gasteiger partial charge in [0.1, 0.15) is 12.6 Å². The van der Waals surface area contributed by atoms with E-state index in [1.807, 2.05) is 63.2 Å². The van der Waals surface area contributed by atoms with Gasteiger partial charge in [-0.15, -0.1) is 0 Å². The summed E-state index contributed by atoms with van der Waals surface area (Å²) in [6, 6.07) is 16.8. The van der Waals surface area contributed by atoms with Crippen molar-refractivity contribution in [1.29, 1.82) is 0 Å². The quantitative estimate of drug-likeness (QED) is 0.496. The molecular weight excluding hydrogens is 376 g/mol. The van der Waals surface area contributed by atoms with Crippen LogP contribution in [0.1, 0.15) is 56.5 Å². The van der Waals surface area contributed by atoms with Crippen molar-refractivity contribution in [2.75, 3.05) is 18.8 Å². The van der Waals surface area contributed by atoms with E-state index in [1.54, 1.807) is 23.1 Å². The Morgan fingerprint density at radius 1 is 1.00 bits per heavy atom. The van der Waals surface area contributed by atoms with Crippen molar-refractivity contribution in [2.24, 2.45) is 0 Å². The number of anilines is 1. The summed E-state index contributed by atoms with van der Waals surface area (Å²) in [6.07, 6.45) is 4.65. The maximum atomic E-state index is 12.1. The number of aldehydes is 2. The number of hydrogen-bond acceptors (Lipinski definition) is 4. The fourth-order valence-electron chi connectivity index (χ4n) is 2.25. The van der Waals surface area contributed by atoms with Gasteiger partial charge in [-0.3, -0.25) is 4.79 Å². The van der Waals surface area contributed by atoms with Crippen molar-refractivity contribution in [3.05, 3.63) is 72.3 Å². The molecule has 2 aromatic rings. The van der Waals surface area contributed by atoms with Crippen LogP contribution in [-0.4, -0.2) is 36.5 Å². The summed E-state index contributed by atoms with van der Waals surface area (Å²) < 4.78 is 0. The van der Waals surface area contributed by atoms with Gasteiger partial charge in [-0.1, -0.05) is 69.8 Å². The molecule has 1 amide bonds. The number of benzene rings is 2. The summed E-state index contributed by atoms with van der Waals surface area (Å²) >= 11 is 0. The predicted octanol–water partition coefficient (Wildman–Crippen LogP) is 5.27. The van der Waals surface area contributed by atoms with Crippen LogP contribution in [0, 0.1) is 0 Å². The van der Waals surface area contributed by atoms with E-state index in [4.69, 9.17) is 10.5 Å². The zero-order valence-corrected chi connectivity index (χ0v) is 18.7. The van der Waals surface area contributed by atoms with Gasteiger partial charge < -0.3 is 20.2 Å². The normalized spacial score (nSPS) is 8.53. The highest BCUT2D eigenvalue weighted by Crippen LogP contribution is 2.10. The lowest BCUT2D eigenvalue weighted by Crippen LogP contribution is -2.32. The summed E-state index contributed by atoms with van der Waals surface area (Å²) in [5.41, 5.74) is 8.02. The molecule has 2 rings (SSSR count). The smallest absolute Gasteiger partial charge is 0.253 e. The molecule has 0 bridgehead atoms. The standard InChI is InChI=1S/C13H17NO2.C8H9N.C2H4O.C2H6/c1-2-9-14(10-6-11-15)13(16)12-7-4-3-5-8-12;1-2-7-5-3-4-6-8(7)9;1-2-3;1-2/h3-5,7-8,11H,2,6,9-10H2,1H3;2-6H,1,9H2;2H,1H3;1-2H3. The minimum absolute atomic E-state index is 0.00398. The summed E-state index contributed by atoms with van der Waals surface area (Å²) in [6.45, 7) is 12.3. The average Bonchev–Trinajstić information content (AvgIpc) is 2.79. The van der Waals surface area contributed by atoms with Gasteiger partial charge in [-0.05, 0) is 37.1 Å². The second kappa shape index (κ2) is 20.5. The lowest BCUT2D eigenvalue weighted by atomic mass is 10.2. The summed E-state index contributed by atoms with van der Waals surface area (Å²) in [5.74, 6) is 0.00398. The lowest BCUT2D eigenvalue weighted by Gasteiger charge is -2.21. The van der Waals surface area contributed by atoms with Crippen LogP contribution >= 0.6 is 0 Å². The molecule has 0 spiro atoms. The van der Waals surface area contributed by atoms with Gasteiger partial charge in [0, 0.05) is 30.8 Å². The van der Waals surface area contributed by atoms with Gasteiger partial charge in [0.2, 0.25) is 0 Å². The minimum Gasteiger partial charge on any atom is -0.398 e. The zero-order valence-electron chi connectivity index (χ0n) is 18.7. The van der Waals surface area contributed by atoms with Crippen molar-refractivity contribution in [2.45, 2.75) is 40.5 Å². The highest BCUT2D eigenvalue weighted by Gasteiger charge is 2.13. The average molecular weight is 413 g/mol. The molecule has 0 aromatic heterocycles. The fourth-order valence-corrected chi connectivity index (χ4v) is 2.25. The minimum atomic E-state index is 0.00398. The Morgan fingerprint density at radius 2 is 1.53 bits per heavy atom. The fraction of sp³-hybridized carbons (Fsp3) is 0.320. The second-order valence-electron chi connectivity index (χ2n) is 5.68. The molecule has 5 heteroatoms. The first-order chi connectivity index (χ1) is 14.5. The summed E-state index contributed by atoms with van der Waals surface area (Å²) in [5, 5.41) is 0. The van der Waals surface area contributed by atoms with Crippen LogP contribution < -0.4 is 5.73 Å². The van der Waals surface area contributed by atoms with E-state index >= 15 is 0 Å². The third-order valence-corrected chi connectivity index (χ3v) is 3.53. The van der Waals surface area contributed by atoms with Crippen LogP contribution in [0.25, 0.3) is 6.08 Å². The molecule has 0 unspecified atom stereocenters. The Kier molecular flexibility index (Phi) is 19.8. The molecular formula is C25H36N2O3. The van der Waals surface area contributed by atoms with Crippen molar-refractivity contribution in [3.63, 3.8) is 0 Å². The van der Waals surface area contributed by atoms with Crippen LogP contribution in [0.5, 0.6) is 0 Å². The molecule has 2 aromatic carbocycles. The van der Waals surface area contributed by atoms with Crippen molar-refractivity contribution in [1.82, 2.24) is 4.90 Å². The van der Waals surface area contributed by atoms with E-state index in [0.717, 1.165) is 30.2 Å². The van der Waals surface area contributed by atoms with Gasteiger partial charge in [-0.25, -0.2) is 0 Å². The Hall–Kier alpha value is -3.21. The maximum Gasteiger partial charge on any atom is 0.253 e. The number of rotatable bonds is 7. The molecule has 0 radical (unpaired) electrons. The number of carbonyl (C=O) groups excluding carboxylic acids is 3. The monoisotopic (exact) mass is 412 g/mol. The van der Waals surface area contributed by atoms with Crippen LogP contribution in [0.15, 0.2) is 61.2 Å². The molecule has 164 valence electrons. The third-order valence-electron chi connectivity index (χ3n) is 3.53. The zero-order chi connectivity index (χ0) is 23.2. The number of nitrogen functional groups attached to an aromatic ring is 1. The van der Waals surface area contributed by atoms with Crippen LogP contribution in [0.4, 0.5) is 5.69 Å². The molecule has 0 heterocycles. The van der Waals surface area contributed by atoms with Gasteiger partial charge in [0.25, 0.3) is 5.91 Å². The van der Waals surface area contributed by atoms with E-state index < -0.39 is 0 Å². The van der Waals surface area contributed by atoms with Crippen molar-refractivity contribution >= 4 is 30.2 Å². The van der Waals surface area contributed by atoms with Crippen molar-refractivity contribution in [3.8, 4) is 0 Å². The van der Waals surface area contributed by atoms with E-state index in [-0.39, 0.29) is 5.91 Å². The Labute approximate surface area is 181 Å². The molecule has 0 aliphatic carbocycles. The second-order valence-corrected chi connectivity index (χ2v) is 5.68. The first-order valence-corrected chi connectivity index (χ1v) is 10.2. The Bertz CT molecular complexity index is 715. The third kappa shape index (κ3) is 13.0. The highest BCUT2D eigenvalue weighted by atomic mass is 16.2. The molecule has 5 nitrogen and oxygen atoms in total. The van der Waals surface area contributed by atoms with E-state index in [0.29, 0.717) is 25.1 Å². The molecule has 30 heavy (non-hydrogen) atoms. The van der Waals surface area contributed by atoms with Gasteiger partial charge in [-0.2, -0.15) is 0 Å². The maximum absolute atomic E-state index is 12.1. The summed E-state index contributed by atoms with van der Waals surface area (Å²) in [4.78, 5) is 32.9. The number of hydrogen-bond donors (Lipinski definition) is 1. The van der Waals surface area contributed by atoms with E-state index in [1.165, 1.54) is 6.92 Å². The molecule has 0 atom stereocenters. The number of para-hydroxylation sites is 1. The van der Waals surface area contributed by atoms with Gasteiger partial charge in [0.05, 0.1) is 0 Å². The largest absolute Gasteiger partial charge is 0.398 e. The Balaban J connectivity index is 0. The topological polar surface area (TPSA) is 80.5 Å². The van der Waals surface area contributed by atoms with Crippen LogP contribution in [0.2, 0.25) is 0 Å². The molecule has 0 aliphatic rings. The van der Waals surface area contributed by atoms with E-state index in [9.17, 15) is 9.59 Å². The van der Waals surface area contributed by atoms with Gasteiger partial charge >= 0.3 is 0 Å². The van der Waals surface area contributed by atoms with Crippen LogP contribution in [0.3, 0.4) is 0 Å². The molecule has 0 fully saturated rings.